The zero-order chi connectivity index (χ0) is 20.4. The van der Waals surface area contributed by atoms with Crippen molar-refractivity contribution in [1.82, 2.24) is 4.90 Å². The van der Waals surface area contributed by atoms with E-state index in [0.717, 1.165) is 34.2 Å². The minimum Gasteiger partial charge on any atom is -0.496 e. The van der Waals surface area contributed by atoms with Crippen LogP contribution in [0.15, 0.2) is 70.6 Å². The van der Waals surface area contributed by atoms with Crippen LogP contribution >= 0.6 is 11.8 Å². The van der Waals surface area contributed by atoms with E-state index in [1.165, 1.54) is 17.3 Å². The second-order valence-corrected chi connectivity index (χ2v) is 7.76. The topological polar surface area (TPSA) is 41.9 Å². The molecule has 3 aromatic carbocycles. The number of benzene rings is 3. The van der Waals surface area contributed by atoms with Gasteiger partial charge in [0, 0.05) is 12.4 Å². The number of amidine groups is 1. The summed E-state index contributed by atoms with van der Waals surface area (Å²) in [6.07, 6.45) is 2.84. The Kier molecular flexibility index (Phi) is 5.41. The standard InChI is InChI=1S/C24H22N2O2S/c1-4-16-9-5-8-12-20(16)25-24-26(2)23(27)22(29-24)15-17-13-14-21(28-3)19-11-7-6-10-18(17)19/h5-15H,4H2,1-3H3/b22-15+,25-24?. The van der Waals surface area contributed by atoms with Crippen LogP contribution in [0.2, 0.25) is 0 Å². The van der Waals surface area contributed by atoms with Gasteiger partial charge in [-0.15, -0.1) is 0 Å². The minimum atomic E-state index is -0.0392. The number of rotatable bonds is 4. The molecule has 1 fully saturated rings. The average Bonchev–Trinajstić information content (AvgIpc) is 3.02. The molecule has 5 heteroatoms. The van der Waals surface area contributed by atoms with Crippen molar-refractivity contribution in [2.24, 2.45) is 4.99 Å². The Morgan fingerprint density at radius 2 is 1.76 bits per heavy atom. The van der Waals surface area contributed by atoms with Gasteiger partial charge in [-0.2, -0.15) is 0 Å². The first-order chi connectivity index (χ1) is 14.1. The van der Waals surface area contributed by atoms with Crippen molar-refractivity contribution >= 4 is 45.4 Å². The first-order valence-corrected chi connectivity index (χ1v) is 10.3. The highest BCUT2D eigenvalue weighted by atomic mass is 32.2. The molecule has 0 spiro atoms. The van der Waals surface area contributed by atoms with Gasteiger partial charge >= 0.3 is 0 Å². The highest BCUT2D eigenvalue weighted by molar-refractivity contribution is 8.18. The molecule has 0 aliphatic carbocycles. The summed E-state index contributed by atoms with van der Waals surface area (Å²) in [4.78, 5) is 19.9. The number of carbonyl (C=O) groups is 1. The van der Waals surface area contributed by atoms with Crippen molar-refractivity contribution < 1.29 is 9.53 Å². The van der Waals surface area contributed by atoms with Crippen LogP contribution in [0.5, 0.6) is 5.75 Å². The van der Waals surface area contributed by atoms with E-state index in [2.05, 4.69) is 13.0 Å². The van der Waals surface area contributed by atoms with E-state index in [9.17, 15) is 4.79 Å². The molecule has 1 heterocycles. The Hall–Kier alpha value is -3.05. The summed E-state index contributed by atoms with van der Waals surface area (Å²) in [5.74, 6) is 0.784. The maximum absolute atomic E-state index is 12.9. The van der Waals surface area contributed by atoms with E-state index < -0.39 is 0 Å². The average molecular weight is 403 g/mol. The molecule has 0 atom stereocenters. The lowest BCUT2D eigenvalue weighted by molar-refractivity contribution is -0.121. The van der Waals surface area contributed by atoms with E-state index >= 15 is 0 Å². The normalized spacial score (nSPS) is 16.9. The Bertz CT molecular complexity index is 1150. The second kappa shape index (κ2) is 8.13. The molecule has 0 bridgehead atoms. The van der Waals surface area contributed by atoms with Crippen LogP contribution < -0.4 is 4.74 Å². The van der Waals surface area contributed by atoms with E-state index in [1.54, 1.807) is 19.1 Å². The molecule has 146 valence electrons. The molecule has 1 saturated heterocycles. The van der Waals surface area contributed by atoms with Gasteiger partial charge in [-0.1, -0.05) is 55.5 Å². The van der Waals surface area contributed by atoms with Gasteiger partial charge in [0.2, 0.25) is 0 Å². The predicted molar refractivity (Wildman–Crippen MR) is 122 cm³/mol. The number of para-hydroxylation sites is 1. The van der Waals surface area contributed by atoms with Crippen LogP contribution in [0.3, 0.4) is 0 Å². The molecule has 0 saturated carbocycles. The molecule has 29 heavy (non-hydrogen) atoms. The number of ether oxygens (including phenoxy) is 1. The number of hydrogen-bond donors (Lipinski definition) is 0. The molecule has 0 radical (unpaired) electrons. The monoisotopic (exact) mass is 402 g/mol. The molecular formula is C24H22N2O2S. The molecule has 1 aliphatic rings. The number of carbonyl (C=O) groups excluding carboxylic acids is 1. The van der Waals surface area contributed by atoms with Crippen LogP contribution in [-0.4, -0.2) is 30.1 Å². The van der Waals surface area contributed by atoms with Crippen molar-refractivity contribution in [3.63, 3.8) is 0 Å². The number of hydrogen-bond acceptors (Lipinski definition) is 4. The van der Waals surface area contributed by atoms with Crippen molar-refractivity contribution in [2.75, 3.05) is 14.2 Å². The van der Waals surface area contributed by atoms with E-state index in [4.69, 9.17) is 9.73 Å². The van der Waals surface area contributed by atoms with Crippen LogP contribution in [-0.2, 0) is 11.2 Å². The molecule has 1 amide bonds. The van der Waals surface area contributed by atoms with Gasteiger partial charge in [-0.05, 0) is 52.9 Å². The van der Waals surface area contributed by atoms with Crippen LogP contribution in [0.25, 0.3) is 16.8 Å². The molecule has 4 rings (SSSR count). The van der Waals surface area contributed by atoms with E-state index in [-0.39, 0.29) is 5.91 Å². The first-order valence-electron chi connectivity index (χ1n) is 9.52. The van der Waals surface area contributed by atoms with Crippen molar-refractivity contribution in [3.05, 3.63) is 76.7 Å². The Morgan fingerprint density at radius 1 is 1.03 bits per heavy atom. The van der Waals surface area contributed by atoms with E-state index in [0.29, 0.717) is 10.1 Å². The minimum absolute atomic E-state index is 0.0392. The lowest BCUT2D eigenvalue weighted by atomic mass is 10.0. The van der Waals surface area contributed by atoms with Gasteiger partial charge < -0.3 is 4.74 Å². The molecule has 4 nitrogen and oxygen atoms in total. The molecule has 1 aliphatic heterocycles. The molecular weight excluding hydrogens is 380 g/mol. The number of aryl methyl sites for hydroxylation is 1. The first kappa shape index (κ1) is 19.3. The van der Waals surface area contributed by atoms with Gasteiger partial charge in [0.1, 0.15) is 5.75 Å². The van der Waals surface area contributed by atoms with Gasteiger partial charge in [-0.25, -0.2) is 4.99 Å². The largest absolute Gasteiger partial charge is 0.496 e. The number of nitrogens with zero attached hydrogens (tertiary/aromatic N) is 2. The van der Waals surface area contributed by atoms with Gasteiger partial charge in [-0.3, -0.25) is 9.69 Å². The van der Waals surface area contributed by atoms with Crippen LogP contribution in [0.4, 0.5) is 5.69 Å². The molecule has 0 N–H and O–H groups in total. The quantitative estimate of drug-likeness (QED) is 0.530. The Labute approximate surface area is 174 Å². The highest BCUT2D eigenvalue weighted by Crippen LogP contribution is 2.36. The zero-order valence-electron chi connectivity index (χ0n) is 16.7. The summed E-state index contributed by atoms with van der Waals surface area (Å²) >= 11 is 1.41. The summed E-state index contributed by atoms with van der Waals surface area (Å²) in [5.41, 5.74) is 3.06. The smallest absolute Gasteiger partial charge is 0.266 e. The fraction of sp³-hybridized carbons (Fsp3) is 0.167. The number of aliphatic imine (C=N–C) groups is 1. The van der Waals surface area contributed by atoms with Gasteiger partial charge in [0.25, 0.3) is 5.91 Å². The van der Waals surface area contributed by atoms with E-state index in [1.807, 2.05) is 60.7 Å². The van der Waals surface area contributed by atoms with Crippen LogP contribution in [0, 0.1) is 0 Å². The summed E-state index contributed by atoms with van der Waals surface area (Å²) in [5, 5.41) is 2.77. The maximum atomic E-state index is 12.9. The highest BCUT2D eigenvalue weighted by Gasteiger charge is 2.30. The second-order valence-electron chi connectivity index (χ2n) is 6.75. The number of fused-ring (bicyclic) bond motifs is 1. The number of methoxy groups -OCH3 is 1. The summed E-state index contributed by atoms with van der Waals surface area (Å²) in [7, 11) is 3.44. The zero-order valence-corrected chi connectivity index (χ0v) is 17.5. The lowest BCUT2D eigenvalue weighted by Gasteiger charge is -2.09. The number of amides is 1. The molecule has 3 aromatic rings. The summed E-state index contributed by atoms with van der Waals surface area (Å²) < 4.78 is 5.48. The Morgan fingerprint density at radius 3 is 2.52 bits per heavy atom. The number of likely N-dealkylation sites (N-methyl/N-ethyl adjacent to an activating group) is 1. The lowest BCUT2D eigenvalue weighted by Crippen LogP contribution is -2.23. The van der Waals surface area contributed by atoms with Crippen molar-refractivity contribution in [1.29, 1.82) is 0 Å². The third-order valence-corrected chi connectivity index (χ3v) is 6.08. The summed E-state index contributed by atoms with van der Waals surface area (Å²) in [6.45, 7) is 2.11. The SMILES string of the molecule is CCc1ccccc1N=C1S/C(=C/c2ccc(OC)c3ccccc23)C(=O)N1C. The maximum Gasteiger partial charge on any atom is 0.266 e. The van der Waals surface area contributed by atoms with Gasteiger partial charge in [0.05, 0.1) is 17.7 Å². The molecule has 0 unspecified atom stereocenters. The Balaban J connectivity index is 1.74. The van der Waals surface area contributed by atoms with Crippen molar-refractivity contribution in [3.8, 4) is 5.75 Å². The molecule has 0 aromatic heterocycles. The van der Waals surface area contributed by atoms with Crippen molar-refractivity contribution in [2.45, 2.75) is 13.3 Å². The fourth-order valence-corrected chi connectivity index (χ4v) is 4.38. The van der Waals surface area contributed by atoms with Crippen LogP contribution in [0.1, 0.15) is 18.1 Å². The third kappa shape index (κ3) is 3.66. The predicted octanol–water partition coefficient (Wildman–Crippen LogP) is 5.64. The van der Waals surface area contributed by atoms with Gasteiger partial charge in [0.15, 0.2) is 5.17 Å². The summed E-state index contributed by atoms with van der Waals surface area (Å²) in [6, 6.07) is 20.0. The fourth-order valence-electron chi connectivity index (χ4n) is 3.41. The third-order valence-electron chi connectivity index (χ3n) is 5.02. The number of thioether (sulfide) groups is 1.